The fourth-order valence-corrected chi connectivity index (χ4v) is 5.45. The van der Waals surface area contributed by atoms with Crippen LogP contribution >= 0.6 is 0 Å². The number of rotatable bonds is 7. The summed E-state index contributed by atoms with van der Waals surface area (Å²) >= 11 is 0. The second-order valence-corrected chi connectivity index (χ2v) is 10.1. The highest BCUT2D eigenvalue weighted by molar-refractivity contribution is 5.60. The van der Waals surface area contributed by atoms with Crippen molar-refractivity contribution in [2.24, 2.45) is 0 Å². The number of pyridine rings is 1. The van der Waals surface area contributed by atoms with Gasteiger partial charge in [-0.15, -0.1) is 0 Å². The summed E-state index contributed by atoms with van der Waals surface area (Å²) in [6.45, 7) is 7.58. The highest BCUT2D eigenvalue weighted by Crippen LogP contribution is 2.36. The van der Waals surface area contributed by atoms with Gasteiger partial charge in [-0.1, -0.05) is 6.92 Å². The minimum absolute atomic E-state index is 0.195. The van der Waals surface area contributed by atoms with Crippen LogP contribution < -0.4 is 4.90 Å². The molecule has 2 fully saturated rings. The Balaban J connectivity index is 1.39. The zero-order valence-electron chi connectivity index (χ0n) is 21.1. The molecule has 0 bridgehead atoms. The van der Waals surface area contributed by atoms with Gasteiger partial charge in [0.2, 0.25) is 0 Å². The number of hydrogen-bond donors (Lipinski definition) is 0. The van der Waals surface area contributed by atoms with Crippen molar-refractivity contribution >= 4 is 5.82 Å². The maximum atomic E-state index is 13.9. The second kappa shape index (κ2) is 10.8. The predicted molar refractivity (Wildman–Crippen MR) is 136 cm³/mol. The van der Waals surface area contributed by atoms with Gasteiger partial charge in [-0.25, -0.2) is 14.4 Å². The largest absolute Gasteiger partial charge is 0.419 e. The van der Waals surface area contributed by atoms with Gasteiger partial charge in [0.1, 0.15) is 17.5 Å². The minimum atomic E-state index is -4.75. The van der Waals surface area contributed by atoms with Crippen LogP contribution in [0.25, 0.3) is 11.3 Å². The SMILES string of the molecule is CCc1ccnc(N2CCC(c3nc(-c4ccc(F)c(C(F)(F)F)c4)cn3CCN3CCCC3)CC2)c1. The molecule has 5 rings (SSSR count). The zero-order valence-corrected chi connectivity index (χ0v) is 21.1. The molecule has 2 saturated heterocycles. The van der Waals surface area contributed by atoms with Gasteiger partial charge in [0.25, 0.3) is 0 Å². The highest BCUT2D eigenvalue weighted by Gasteiger charge is 2.34. The van der Waals surface area contributed by atoms with Crippen molar-refractivity contribution < 1.29 is 17.6 Å². The number of alkyl halides is 3. The lowest BCUT2D eigenvalue weighted by Gasteiger charge is -2.33. The van der Waals surface area contributed by atoms with Crippen LogP contribution in [0.2, 0.25) is 0 Å². The summed E-state index contributed by atoms with van der Waals surface area (Å²) in [5, 5.41) is 0. The summed E-state index contributed by atoms with van der Waals surface area (Å²) in [6.07, 6.45) is 4.07. The molecular weight excluding hydrogens is 482 g/mol. The Hall–Kier alpha value is -2.94. The smallest absolute Gasteiger partial charge is 0.357 e. The molecule has 0 radical (unpaired) electrons. The molecule has 4 heterocycles. The van der Waals surface area contributed by atoms with E-state index in [1.807, 2.05) is 18.5 Å². The van der Waals surface area contributed by atoms with E-state index in [2.05, 4.69) is 32.3 Å². The number of halogens is 4. The molecule has 0 saturated carbocycles. The maximum Gasteiger partial charge on any atom is 0.419 e. The van der Waals surface area contributed by atoms with Crippen LogP contribution in [0.15, 0.2) is 42.7 Å². The molecule has 0 spiro atoms. The van der Waals surface area contributed by atoms with E-state index in [1.165, 1.54) is 24.5 Å². The van der Waals surface area contributed by atoms with Crippen LogP contribution in [0.5, 0.6) is 0 Å². The first-order chi connectivity index (χ1) is 17.8. The fourth-order valence-electron chi connectivity index (χ4n) is 5.45. The quantitative estimate of drug-likeness (QED) is 0.354. The molecule has 1 aromatic carbocycles. The number of benzene rings is 1. The van der Waals surface area contributed by atoms with Crippen molar-refractivity contribution in [3.63, 3.8) is 0 Å². The molecular formula is C28H33F4N5. The lowest BCUT2D eigenvalue weighted by atomic mass is 9.95. The molecule has 37 heavy (non-hydrogen) atoms. The molecule has 0 N–H and O–H groups in total. The van der Waals surface area contributed by atoms with Gasteiger partial charge in [0, 0.05) is 50.1 Å². The monoisotopic (exact) mass is 515 g/mol. The van der Waals surface area contributed by atoms with Gasteiger partial charge in [-0.3, -0.25) is 0 Å². The third-order valence-electron chi connectivity index (χ3n) is 7.63. The summed E-state index contributed by atoms with van der Waals surface area (Å²) in [4.78, 5) is 14.1. The van der Waals surface area contributed by atoms with Crippen LogP contribution in [0.1, 0.15) is 55.5 Å². The van der Waals surface area contributed by atoms with Gasteiger partial charge in [0.15, 0.2) is 0 Å². The molecule has 0 unspecified atom stereocenters. The van der Waals surface area contributed by atoms with Gasteiger partial charge in [-0.2, -0.15) is 13.2 Å². The van der Waals surface area contributed by atoms with Gasteiger partial charge in [-0.05, 0) is 81.1 Å². The van der Waals surface area contributed by atoms with Gasteiger partial charge < -0.3 is 14.4 Å². The number of aromatic nitrogens is 3. The molecule has 0 aliphatic carbocycles. The number of imidazole rings is 1. The van der Waals surface area contributed by atoms with Crippen molar-refractivity contribution in [2.45, 2.75) is 57.7 Å². The van der Waals surface area contributed by atoms with E-state index in [9.17, 15) is 17.6 Å². The average molecular weight is 516 g/mol. The van der Waals surface area contributed by atoms with Crippen LogP contribution in [0, 0.1) is 5.82 Å². The van der Waals surface area contributed by atoms with E-state index in [1.54, 1.807) is 0 Å². The van der Waals surface area contributed by atoms with Gasteiger partial charge in [0.05, 0.1) is 11.3 Å². The van der Waals surface area contributed by atoms with Crippen LogP contribution in [-0.2, 0) is 19.1 Å². The second-order valence-electron chi connectivity index (χ2n) is 10.1. The molecule has 9 heteroatoms. The molecule has 198 valence electrons. The number of anilines is 1. The Labute approximate surface area is 215 Å². The van der Waals surface area contributed by atoms with E-state index in [-0.39, 0.29) is 11.5 Å². The maximum absolute atomic E-state index is 13.9. The normalized spacial score (nSPS) is 17.6. The Bertz CT molecular complexity index is 1210. The zero-order chi connectivity index (χ0) is 26.0. The average Bonchev–Trinajstić information content (AvgIpc) is 3.57. The summed E-state index contributed by atoms with van der Waals surface area (Å²) in [6, 6.07) is 7.32. The number of piperidine rings is 1. The number of nitrogens with zero attached hydrogens (tertiary/aromatic N) is 5. The van der Waals surface area contributed by atoms with Crippen molar-refractivity contribution in [1.82, 2.24) is 19.4 Å². The Morgan fingerprint density at radius 3 is 2.43 bits per heavy atom. The molecule has 0 atom stereocenters. The minimum Gasteiger partial charge on any atom is -0.357 e. The Morgan fingerprint density at radius 1 is 0.973 bits per heavy atom. The lowest BCUT2D eigenvalue weighted by Crippen LogP contribution is -2.34. The first-order valence-electron chi connectivity index (χ1n) is 13.2. The topological polar surface area (TPSA) is 37.2 Å². The Kier molecular flexibility index (Phi) is 7.51. The molecule has 2 aromatic heterocycles. The lowest BCUT2D eigenvalue weighted by molar-refractivity contribution is -0.139. The van der Waals surface area contributed by atoms with E-state index < -0.39 is 17.6 Å². The molecule has 3 aromatic rings. The van der Waals surface area contributed by atoms with Crippen LogP contribution in [-0.4, -0.2) is 52.2 Å². The highest BCUT2D eigenvalue weighted by atomic mass is 19.4. The van der Waals surface area contributed by atoms with Crippen molar-refractivity contribution in [1.29, 1.82) is 0 Å². The number of hydrogen-bond acceptors (Lipinski definition) is 4. The van der Waals surface area contributed by atoms with E-state index in [0.717, 1.165) is 82.3 Å². The van der Waals surface area contributed by atoms with Crippen molar-refractivity contribution in [3.05, 3.63) is 65.5 Å². The number of aryl methyl sites for hydroxylation is 1. The predicted octanol–water partition coefficient (Wildman–Crippen LogP) is 6.15. The molecule has 2 aliphatic rings. The molecule has 2 aliphatic heterocycles. The summed E-state index contributed by atoms with van der Waals surface area (Å²) in [5.41, 5.74) is 0.745. The summed E-state index contributed by atoms with van der Waals surface area (Å²) < 4.78 is 56.1. The van der Waals surface area contributed by atoms with Crippen molar-refractivity contribution in [2.75, 3.05) is 37.6 Å². The summed E-state index contributed by atoms with van der Waals surface area (Å²) in [7, 11) is 0. The third kappa shape index (κ3) is 5.81. The van der Waals surface area contributed by atoms with E-state index >= 15 is 0 Å². The van der Waals surface area contributed by atoms with Crippen molar-refractivity contribution in [3.8, 4) is 11.3 Å². The molecule has 0 amide bonds. The summed E-state index contributed by atoms with van der Waals surface area (Å²) in [5.74, 6) is 0.822. The van der Waals surface area contributed by atoms with Gasteiger partial charge >= 0.3 is 6.18 Å². The first-order valence-corrected chi connectivity index (χ1v) is 13.2. The van der Waals surface area contributed by atoms with Crippen LogP contribution in [0.4, 0.5) is 23.4 Å². The fraction of sp³-hybridized carbons (Fsp3) is 0.500. The van der Waals surface area contributed by atoms with Crippen LogP contribution in [0.3, 0.4) is 0 Å². The Morgan fingerprint density at radius 2 is 1.73 bits per heavy atom. The third-order valence-corrected chi connectivity index (χ3v) is 7.63. The first kappa shape index (κ1) is 25.7. The van der Waals surface area contributed by atoms with E-state index in [4.69, 9.17) is 4.98 Å². The standard InChI is InChI=1S/C28H33F4N5/c1-2-20-7-10-33-26(17-20)36-13-8-21(9-14-36)27-34-25(19-37(27)16-15-35-11-3-4-12-35)22-5-6-24(29)23(18-22)28(30,31)32/h5-7,10,17-19,21H,2-4,8-9,11-16H2,1H3. The van der Waals surface area contributed by atoms with E-state index in [0.29, 0.717) is 5.69 Å². The molecule has 5 nitrogen and oxygen atoms in total. The number of likely N-dealkylation sites (tertiary alicyclic amines) is 1.